The Kier molecular flexibility index (Phi) is 6.30. The standard InChI is InChI=1S/C19H22F2O6/c1-4-26-17(23)15-13(22)9-19(3,25)16(18(24)27-5-2)14(15)10-6-11(20)8-12(21)7-10/h6-8,14-16,25H,4-5,9H2,1-3H3. The summed E-state index contributed by atoms with van der Waals surface area (Å²) in [5.74, 6) is -8.52. The van der Waals surface area contributed by atoms with E-state index >= 15 is 0 Å². The molecule has 4 unspecified atom stereocenters. The van der Waals surface area contributed by atoms with Crippen LogP contribution in [0.5, 0.6) is 0 Å². The zero-order chi connectivity index (χ0) is 20.4. The number of carbonyl (C=O) groups excluding carboxylic acids is 3. The quantitative estimate of drug-likeness (QED) is 0.618. The molecule has 0 bridgehead atoms. The molecule has 0 spiro atoms. The summed E-state index contributed by atoms with van der Waals surface area (Å²) >= 11 is 0. The fourth-order valence-electron chi connectivity index (χ4n) is 3.65. The first-order chi connectivity index (χ1) is 12.6. The molecule has 1 aromatic carbocycles. The normalized spacial score (nSPS) is 27.9. The van der Waals surface area contributed by atoms with Gasteiger partial charge in [0.2, 0.25) is 0 Å². The van der Waals surface area contributed by atoms with Crippen LogP contribution in [0.25, 0.3) is 0 Å². The highest BCUT2D eigenvalue weighted by Crippen LogP contribution is 2.47. The topological polar surface area (TPSA) is 89.9 Å². The van der Waals surface area contributed by atoms with E-state index in [4.69, 9.17) is 9.47 Å². The van der Waals surface area contributed by atoms with Crippen LogP contribution in [0, 0.1) is 23.5 Å². The van der Waals surface area contributed by atoms with E-state index in [0.717, 1.165) is 12.1 Å². The minimum atomic E-state index is -1.86. The number of halogens is 2. The van der Waals surface area contributed by atoms with Crippen LogP contribution in [0.15, 0.2) is 18.2 Å². The summed E-state index contributed by atoms with van der Waals surface area (Å²) in [6.45, 7) is 4.33. The van der Waals surface area contributed by atoms with Crippen molar-refractivity contribution in [1.82, 2.24) is 0 Å². The molecule has 2 rings (SSSR count). The lowest BCUT2D eigenvalue weighted by Crippen LogP contribution is -2.55. The van der Waals surface area contributed by atoms with Crippen LogP contribution in [0.3, 0.4) is 0 Å². The maximum absolute atomic E-state index is 13.8. The Balaban J connectivity index is 2.67. The Hall–Kier alpha value is -2.35. The molecule has 1 aliphatic rings. The first-order valence-electron chi connectivity index (χ1n) is 8.66. The van der Waals surface area contributed by atoms with Gasteiger partial charge in [-0.1, -0.05) is 0 Å². The molecule has 8 heteroatoms. The van der Waals surface area contributed by atoms with E-state index in [-0.39, 0.29) is 18.8 Å². The highest BCUT2D eigenvalue weighted by atomic mass is 19.1. The molecule has 6 nitrogen and oxygen atoms in total. The van der Waals surface area contributed by atoms with E-state index in [1.54, 1.807) is 13.8 Å². The molecule has 27 heavy (non-hydrogen) atoms. The predicted octanol–water partition coefficient (Wildman–Crippen LogP) is 2.13. The summed E-state index contributed by atoms with van der Waals surface area (Å²) in [6.07, 6.45) is -0.492. The second kappa shape index (κ2) is 8.12. The average molecular weight is 384 g/mol. The summed E-state index contributed by atoms with van der Waals surface area (Å²) in [4.78, 5) is 37.6. The van der Waals surface area contributed by atoms with Crippen molar-refractivity contribution in [3.05, 3.63) is 35.4 Å². The van der Waals surface area contributed by atoms with Crippen LogP contribution in [0.1, 0.15) is 38.7 Å². The van der Waals surface area contributed by atoms with Gasteiger partial charge in [-0.05, 0) is 38.5 Å². The lowest BCUT2D eigenvalue weighted by atomic mass is 9.61. The molecule has 0 radical (unpaired) electrons. The fourth-order valence-corrected chi connectivity index (χ4v) is 3.65. The lowest BCUT2D eigenvalue weighted by molar-refractivity contribution is -0.172. The Bertz CT molecular complexity index is 725. The highest BCUT2D eigenvalue weighted by molar-refractivity contribution is 6.02. The third kappa shape index (κ3) is 4.32. The number of benzene rings is 1. The molecule has 148 valence electrons. The minimum Gasteiger partial charge on any atom is -0.466 e. The van der Waals surface area contributed by atoms with Crippen molar-refractivity contribution in [2.24, 2.45) is 11.8 Å². The molecule has 1 fully saturated rings. The van der Waals surface area contributed by atoms with Crippen molar-refractivity contribution in [3.63, 3.8) is 0 Å². The van der Waals surface area contributed by atoms with Gasteiger partial charge in [-0.3, -0.25) is 14.4 Å². The molecule has 1 N–H and O–H groups in total. The number of esters is 2. The van der Waals surface area contributed by atoms with Gasteiger partial charge in [0.05, 0.1) is 24.7 Å². The van der Waals surface area contributed by atoms with Gasteiger partial charge in [-0.15, -0.1) is 0 Å². The molecule has 0 saturated heterocycles. The van der Waals surface area contributed by atoms with Crippen LogP contribution in [0.2, 0.25) is 0 Å². The van der Waals surface area contributed by atoms with E-state index in [2.05, 4.69) is 0 Å². The van der Waals surface area contributed by atoms with Crippen LogP contribution in [-0.4, -0.2) is 41.6 Å². The van der Waals surface area contributed by atoms with Crippen molar-refractivity contribution in [2.45, 2.75) is 38.7 Å². The number of hydrogen-bond donors (Lipinski definition) is 1. The van der Waals surface area contributed by atoms with Gasteiger partial charge in [0.1, 0.15) is 17.6 Å². The summed E-state index contributed by atoms with van der Waals surface area (Å²) in [7, 11) is 0. The van der Waals surface area contributed by atoms with Crippen LogP contribution in [0.4, 0.5) is 8.78 Å². The molecule has 1 aromatic rings. The van der Waals surface area contributed by atoms with Gasteiger partial charge in [0, 0.05) is 18.4 Å². The summed E-state index contributed by atoms with van der Waals surface area (Å²) in [5.41, 5.74) is -1.96. The summed E-state index contributed by atoms with van der Waals surface area (Å²) < 4.78 is 37.6. The molecule has 0 amide bonds. The van der Waals surface area contributed by atoms with E-state index in [1.165, 1.54) is 6.92 Å². The Labute approximate surface area is 155 Å². The monoisotopic (exact) mass is 384 g/mol. The van der Waals surface area contributed by atoms with Crippen LogP contribution < -0.4 is 0 Å². The molecule has 1 aliphatic carbocycles. The van der Waals surface area contributed by atoms with Crippen LogP contribution in [-0.2, 0) is 23.9 Å². The second-order valence-corrected chi connectivity index (χ2v) is 6.69. The number of rotatable bonds is 5. The molecule has 0 aliphatic heterocycles. The SMILES string of the molecule is CCOC(=O)C1C(=O)CC(C)(O)C(C(=O)OCC)C1c1cc(F)cc(F)c1. The van der Waals surface area contributed by atoms with Gasteiger partial charge in [-0.2, -0.15) is 0 Å². The maximum Gasteiger partial charge on any atom is 0.317 e. The lowest BCUT2D eigenvalue weighted by Gasteiger charge is -2.43. The first kappa shape index (κ1) is 21.0. The molecule has 4 atom stereocenters. The molecule has 0 aromatic heterocycles. The first-order valence-corrected chi connectivity index (χ1v) is 8.66. The van der Waals surface area contributed by atoms with Crippen molar-refractivity contribution >= 4 is 17.7 Å². The van der Waals surface area contributed by atoms with E-state index in [9.17, 15) is 28.3 Å². The number of aliphatic hydroxyl groups is 1. The summed E-state index contributed by atoms with van der Waals surface area (Å²) in [6, 6.07) is 2.49. The zero-order valence-corrected chi connectivity index (χ0v) is 15.3. The van der Waals surface area contributed by atoms with E-state index in [0.29, 0.717) is 6.07 Å². The smallest absolute Gasteiger partial charge is 0.317 e. The number of Topliss-reactive ketones (excluding diaryl/α,β-unsaturated/α-hetero) is 1. The van der Waals surface area contributed by atoms with Crippen molar-refractivity contribution in [1.29, 1.82) is 0 Å². The van der Waals surface area contributed by atoms with E-state index in [1.807, 2.05) is 0 Å². The van der Waals surface area contributed by atoms with E-state index < -0.39 is 59.1 Å². The van der Waals surface area contributed by atoms with Gasteiger partial charge in [-0.25, -0.2) is 8.78 Å². The van der Waals surface area contributed by atoms with Crippen molar-refractivity contribution in [3.8, 4) is 0 Å². The number of ketones is 1. The second-order valence-electron chi connectivity index (χ2n) is 6.69. The highest BCUT2D eigenvalue weighted by Gasteiger charge is 2.57. The number of ether oxygens (including phenoxy) is 2. The van der Waals surface area contributed by atoms with Gasteiger partial charge in [0.25, 0.3) is 0 Å². The van der Waals surface area contributed by atoms with Gasteiger partial charge >= 0.3 is 11.9 Å². The largest absolute Gasteiger partial charge is 0.466 e. The molecular weight excluding hydrogens is 362 g/mol. The molecule has 1 saturated carbocycles. The summed E-state index contributed by atoms with van der Waals surface area (Å²) in [5, 5.41) is 10.7. The van der Waals surface area contributed by atoms with Crippen LogP contribution >= 0.6 is 0 Å². The Morgan fingerprint density at radius 1 is 1.11 bits per heavy atom. The van der Waals surface area contributed by atoms with Gasteiger partial charge < -0.3 is 14.6 Å². The third-order valence-electron chi connectivity index (χ3n) is 4.62. The number of hydrogen-bond acceptors (Lipinski definition) is 6. The molecular formula is C19H22F2O6. The Morgan fingerprint density at radius 3 is 2.15 bits per heavy atom. The maximum atomic E-state index is 13.8. The van der Waals surface area contributed by atoms with Crippen molar-refractivity contribution < 1.29 is 37.7 Å². The zero-order valence-electron chi connectivity index (χ0n) is 15.3. The minimum absolute atomic E-state index is 0.00628. The molecule has 0 heterocycles. The predicted molar refractivity (Wildman–Crippen MR) is 89.6 cm³/mol. The Morgan fingerprint density at radius 2 is 1.63 bits per heavy atom. The van der Waals surface area contributed by atoms with Gasteiger partial charge in [0.15, 0.2) is 5.78 Å². The fraction of sp³-hybridized carbons (Fsp3) is 0.526. The number of carbonyl (C=O) groups is 3. The third-order valence-corrected chi connectivity index (χ3v) is 4.62. The van der Waals surface area contributed by atoms with Crippen molar-refractivity contribution in [2.75, 3.05) is 13.2 Å². The average Bonchev–Trinajstić information content (AvgIpc) is 2.52.